The Morgan fingerprint density at radius 3 is 1.62 bits per heavy atom. The topological polar surface area (TPSA) is 284 Å². The standard InChI is InChI=1S/C47H84N8O11S2/c1-15-17-18-19-20-21-22-48-46(64)37(53-45(63)31(9)51-44(62)30(8)50-43(61)29(7)27(5)16-2)25-68(66)35(13)41(47(65)55-39(26(3)4)32(10)56)54-38(59)23-49-42(60)28(6)24-67-34(12)40(33(11)57)52-36(14)58/h26-31,34-35,37,39-41H,15-25H2,1-14H3,(H,48,64)(H,49,60)(H,50,61)(H,51,62)(H,52,58)(H,53,63)(H,54,59)(H,55,65)/t27?,28-,29-,30-,31-,34-,35-,37-,39-,40-,41-,68?/m0/s1. The van der Waals surface area contributed by atoms with Crippen molar-refractivity contribution in [1.29, 1.82) is 0 Å². The maximum Gasteiger partial charge on any atom is 0.244 e. The van der Waals surface area contributed by atoms with Crippen LogP contribution in [0.2, 0.25) is 0 Å². The first-order valence-corrected chi connectivity index (χ1v) is 26.5. The van der Waals surface area contributed by atoms with Crippen molar-refractivity contribution in [3.8, 4) is 0 Å². The van der Waals surface area contributed by atoms with Crippen LogP contribution >= 0.6 is 11.8 Å². The predicted octanol–water partition coefficient (Wildman–Crippen LogP) is 1.96. The van der Waals surface area contributed by atoms with Gasteiger partial charge >= 0.3 is 0 Å². The Kier molecular flexibility index (Phi) is 31.0. The van der Waals surface area contributed by atoms with Gasteiger partial charge in [-0.1, -0.05) is 93.9 Å². The van der Waals surface area contributed by atoms with E-state index < -0.39 is 106 Å². The number of nitrogens with one attached hydrogen (secondary N) is 8. The van der Waals surface area contributed by atoms with Gasteiger partial charge in [-0.3, -0.25) is 52.2 Å². The normalized spacial score (nSPS) is 16.6. The van der Waals surface area contributed by atoms with Crippen molar-refractivity contribution < 1.29 is 52.2 Å². The zero-order valence-electron chi connectivity index (χ0n) is 43.0. The fraction of sp³-hybridized carbons (Fsp3) is 0.787. The Morgan fingerprint density at radius 2 is 1.09 bits per heavy atom. The van der Waals surface area contributed by atoms with E-state index in [-0.39, 0.29) is 58.7 Å². The lowest BCUT2D eigenvalue weighted by molar-refractivity contribution is -0.134. The highest BCUT2D eigenvalue weighted by Crippen LogP contribution is 2.19. The quantitative estimate of drug-likeness (QED) is 0.0430. The fourth-order valence-corrected chi connectivity index (χ4v) is 9.35. The van der Waals surface area contributed by atoms with Crippen LogP contribution in [0.15, 0.2) is 0 Å². The summed E-state index contributed by atoms with van der Waals surface area (Å²) in [5.41, 5.74) is 0. The number of unbranched alkanes of at least 4 members (excludes halogenated alkanes) is 5. The molecule has 0 heterocycles. The number of amides is 8. The third kappa shape index (κ3) is 24.2. The van der Waals surface area contributed by atoms with Crippen LogP contribution < -0.4 is 42.5 Å². The summed E-state index contributed by atoms with van der Waals surface area (Å²) < 4.78 is 14.2. The summed E-state index contributed by atoms with van der Waals surface area (Å²) in [6.07, 6.45) is 6.44. The minimum atomic E-state index is -2.15. The van der Waals surface area contributed by atoms with Crippen molar-refractivity contribution in [2.45, 2.75) is 189 Å². The zero-order valence-corrected chi connectivity index (χ0v) is 44.6. The van der Waals surface area contributed by atoms with Gasteiger partial charge in [0.15, 0.2) is 11.6 Å². The van der Waals surface area contributed by atoms with E-state index in [1.165, 1.54) is 53.3 Å². The largest absolute Gasteiger partial charge is 0.354 e. The van der Waals surface area contributed by atoms with E-state index >= 15 is 0 Å². The van der Waals surface area contributed by atoms with Crippen LogP contribution in [0.3, 0.4) is 0 Å². The second kappa shape index (κ2) is 33.2. The van der Waals surface area contributed by atoms with Crippen molar-refractivity contribution >= 4 is 81.4 Å². The molecule has 390 valence electrons. The van der Waals surface area contributed by atoms with Crippen LogP contribution in [0, 0.1) is 23.7 Å². The lowest BCUT2D eigenvalue weighted by atomic mass is 9.92. The van der Waals surface area contributed by atoms with Gasteiger partial charge < -0.3 is 42.5 Å². The average Bonchev–Trinajstić information content (AvgIpc) is 3.27. The lowest BCUT2D eigenvalue weighted by Crippen LogP contribution is -2.60. The molecule has 0 saturated heterocycles. The van der Waals surface area contributed by atoms with Crippen molar-refractivity contribution in [2.24, 2.45) is 23.7 Å². The first-order valence-electron chi connectivity index (χ1n) is 24.0. The maximum atomic E-state index is 14.2. The minimum Gasteiger partial charge on any atom is -0.354 e. The molecule has 8 N–H and O–H groups in total. The molecule has 0 aliphatic rings. The number of hydrogen-bond donors (Lipinski definition) is 8. The Morgan fingerprint density at radius 1 is 0.544 bits per heavy atom. The number of thioether (sulfide) groups is 1. The molecule has 2 unspecified atom stereocenters. The van der Waals surface area contributed by atoms with E-state index in [9.17, 15) is 52.2 Å². The fourth-order valence-electron chi connectivity index (χ4n) is 6.79. The van der Waals surface area contributed by atoms with E-state index in [4.69, 9.17) is 0 Å². The van der Waals surface area contributed by atoms with E-state index in [1.54, 1.807) is 34.6 Å². The summed E-state index contributed by atoms with van der Waals surface area (Å²) in [5.74, 6) is -7.14. The molecule has 0 aromatic carbocycles. The number of carbonyl (C=O) groups is 10. The van der Waals surface area contributed by atoms with Gasteiger partial charge in [0.1, 0.15) is 24.2 Å². The molecule has 0 aliphatic heterocycles. The average molecular weight is 1000 g/mol. The van der Waals surface area contributed by atoms with Crippen LogP contribution in [0.1, 0.15) is 142 Å². The first-order chi connectivity index (χ1) is 31.7. The molecule has 0 aromatic rings. The SMILES string of the molecule is CCCCCCCCNC(=O)[C@H](CS(=O)[C@@H](C)[C@H](NC(=O)CNC(=O)[C@@H](C)CS[C@@H](C)[C@@H](NC(C)=O)C(C)=O)C(=O)N[C@H](C(C)=O)C(C)C)NC(=O)[C@H](C)NC(=O)[C@H](C)NC(=O)[C@@H](C)C(C)CC. The second-order valence-corrected chi connectivity index (χ2v) is 21.6. The number of hydrogen-bond acceptors (Lipinski definition) is 12. The highest BCUT2D eigenvalue weighted by atomic mass is 32.2. The van der Waals surface area contributed by atoms with Gasteiger partial charge in [0.2, 0.25) is 47.3 Å². The van der Waals surface area contributed by atoms with Crippen LogP contribution in [0.25, 0.3) is 0 Å². The molecule has 0 aromatic heterocycles. The number of carbonyl (C=O) groups excluding carboxylic acids is 10. The van der Waals surface area contributed by atoms with Gasteiger partial charge in [0, 0.05) is 47.1 Å². The van der Waals surface area contributed by atoms with Gasteiger partial charge in [-0.2, -0.15) is 11.8 Å². The Bertz CT molecular complexity index is 1730. The number of Topliss-reactive ketones (excluding diaryl/α,β-unsaturated/α-hetero) is 2. The maximum absolute atomic E-state index is 14.2. The van der Waals surface area contributed by atoms with Gasteiger partial charge in [-0.25, -0.2) is 0 Å². The van der Waals surface area contributed by atoms with Gasteiger partial charge in [-0.05, 0) is 52.9 Å². The molecule has 19 nitrogen and oxygen atoms in total. The summed E-state index contributed by atoms with van der Waals surface area (Å²) in [6, 6.07) is -6.89. The van der Waals surface area contributed by atoms with Crippen LogP contribution in [0.4, 0.5) is 0 Å². The third-order valence-corrected chi connectivity index (χ3v) is 15.1. The zero-order chi connectivity index (χ0) is 52.4. The molecule has 0 rings (SSSR count). The Balaban J connectivity index is 6.34. The van der Waals surface area contributed by atoms with Crippen molar-refractivity contribution in [3.05, 3.63) is 0 Å². The molecule has 12 atom stereocenters. The second-order valence-electron chi connectivity index (χ2n) is 18.3. The molecule has 0 spiro atoms. The van der Waals surface area contributed by atoms with Gasteiger partial charge in [-0.15, -0.1) is 0 Å². The van der Waals surface area contributed by atoms with E-state index in [0.29, 0.717) is 6.42 Å². The third-order valence-electron chi connectivity index (χ3n) is 11.8. The lowest BCUT2D eigenvalue weighted by Gasteiger charge is -2.29. The summed E-state index contributed by atoms with van der Waals surface area (Å²) >= 11 is 1.29. The molecule has 0 radical (unpaired) electrons. The molecule has 0 aliphatic carbocycles. The molecule has 68 heavy (non-hydrogen) atoms. The van der Waals surface area contributed by atoms with Crippen LogP contribution in [-0.2, 0) is 58.7 Å². The molecular weight excluding hydrogens is 917 g/mol. The summed E-state index contributed by atoms with van der Waals surface area (Å²) in [4.78, 5) is 130. The first kappa shape index (κ1) is 63.6. The van der Waals surface area contributed by atoms with Crippen molar-refractivity contribution in [3.63, 3.8) is 0 Å². The van der Waals surface area contributed by atoms with E-state index in [0.717, 1.165) is 38.5 Å². The number of rotatable bonds is 34. The monoisotopic (exact) mass is 1000 g/mol. The summed E-state index contributed by atoms with van der Waals surface area (Å²) in [7, 11) is -2.15. The van der Waals surface area contributed by atoms with Gasteiger partial charge in [0.05, 0.1) is 29.6 Å². The van der Waals surface area contributed by atoms with E-state index in [2.05, 4.69) is 49.5 Å². The highest BCUT2D eigenvalue weighted by molar-refractivity contribution is 8.00. The number of ketones is 2. The molecule has 0 saturated carbocycles. The van der Waals surface area contributed by atoms with Crippen LogP contribution in [0.5, 0.6) is 0 Å². The highest BCUT2D eigenvalue weighted by Gasteiger charge is 2.36. The summed E-state index contributed by atoms with van der Waals surface area (Å²) in [5, 5.41) is 19.3. The molecule has 21 heteroatoms. The molecule has 0 bridgehead atoms. The molecule has 8 amide bonds. The van der Waals surface area contributed by atoms with E-state index in [1.807, 2.05) is 13.8 Å². The van der Waals surface area contributed by atoms with Gasteiger partial charge in [0.25, 0.3) is 0 Å². The smallest absolute Gasteiger partial charge is 0.244 e. The summed E-state index contributed by atoms with van der Waals surface area (Å²) in [6.45, 7) is 22.5. The minimum absolute atomic E-state index is 0.0751. The van der Waals surface area contributed by atoms with Crippen molar-refractivity contribution in [1.82, 2.24) is 42.5 Å². The van der Waals surface area contributed by atoms with Crippen molar-refractivity contribution in [2.75, 3.05) is 24.6 Å². The molecule has 0 fully saturated rings. The predicted molar refractivity (Wildman–Crippen MR) is 266 cm³/mol. The van der Waals surface area contributed by atoms with Crippen LogP contribution in [-0.4, -0.2) is 134 Å². The Hall–Kier alpha value is -4.40. The Labute approximate surface area is 411 Å². The molecular formula is C47H84N8O11S2.